The van der Waals surface area contributed by atoms with E-state index in [0.717, 1.165) is 16.5 Å². The van der Waals surface area contributed by atoms with Crippen molar-refractivity contribution in [3.05, 3.63) is 72.5 Å². The van der Waals surface area contributed by atoms with Gasteiger partial charge in [-0.3, -0.25) is 14.4 Å². The normalized spacial score (nSPS) is 14.1. The van der Waals surface area contributed by atoms with E-state index in [1.807, 2.05) is 24.3 Å². The summed E-state index contributed by atoms with van der Waals surface area (Å²) in [6, 6.07) is 3.07. The molecule has 3 heterocycles. The quantitative estimate of drug-likeness (QED) is 0.0875. The number of para-hydroxylation sites is 1. The molecule has 1 aromatic carbocycles. The molecule has 41 heavy (non-hydrogen) atoms. The van der Waals surface area contributed by atoms with Gasteiger partial charge in [0, 0.05) is 59.5 Å². The number of carbonyl (C=O) groups is 4. The van der Waals surface area contributed by atoms with Crippen molar-refractivity contribution in [1.29, 1.82) is 0 Å². The monoisotopic (exact) mass is 581 g/mol. The van der Waals surface area contributed by atoms with Crippen molar-refractivity contribution in [1.82, 2.24) is 40.9 Å². The first kappa shape index (κ1) is 29.4. The molecule has 9 N–H and O–H groups in total. The number of carboxylic acid groups (broad SMARTS) is 1. The highest BCUT2D eigenvalue weighted by Gasteiger charge is 2.31. The number of nitrogens with two attached hydrogens (primary N) is 1. The molecule has 3 aromatic heterocycles. The topological polar surface area (TPSA) is 224 Å². The van der Waals surface area contributed by atoms with Crippen LogP contribution >= 0.6 is 12.6 Å². The van der Waals surface area contributed by atoms with Gasteiger partial charge in [-0.25, -0.2) is 14.8 Å². The van der Waals surface area contributed by atoms with Crippen molar-refractivity contribution < 1.29 is 24.3 Å². The molecule has 0 spiro atoms. The minimum absolute atomic E-state index is 0.0126. The smallest absolute Gasteiger partial charge is 0.327 e. The molecule has 0 aliphatic rings. The number of nitrogens with one attached hydrogen (secondary N) is 6. The molecule has 15 heteroatoms. The van der Waals surface area contributed by atoms with Crippen LogP contribution in [0.4, 0.5) is 0 Å². The summed E-state index contributed by atoms with van der Waals surface area (Å²) >= 11 is 3.98. The Bertz CT molecular complexity index is 1470. The lowest BCUT2D eigenvalue weighted by Crippen LogP contribution is -2.58. The van der Waals surface area contributed by atoms with Crippen LogP contribution in [-0.2, 0) is 38.4 Å². The van der Waals surface area contributed by atoms with E-state index in [1.165, 1.54) is 25.0 Å². The summed E-state index contributed by atoms with van der Waals surface area (Å²) < 4.78 is 0. The van der Waals surface area contributed by atoms with E-state index in [-0.39, 0.29) is 25.0 Å². The average molecular weight is 582 g/mol. The number of hydrogen-bond donors (Lipinski definition) is 9. The van der Waals surface area contributed by atoms with E-state index in [1.54, 1.807) is 6.20 Å². The molecule has 4 unspecified atom stereocenters. The third-order valence-electron chi connectivity index (χ3n) is 6.47. The molecule has 14 nitrogen and oxygen atoms in total. The predicted molar refractivity (Wildman–Crippen MR) is 152 cm³/mol. The Balaban J connectivity index is 1.49. The first-order chi connectivity index (χ1) is 19.7. The second kappa shape index (κ2) is 13.6. The lowest BCUT2D eigenvalue weighted by Gasteiger charge is -2.24. The molecule has 4 atom stereocenters. The first-order valence-electron chi connectivity index (χ1n) is 12.7. The number of thiol groups is 1. The summed E-state index contributed by atoms with van der Waals surface area (Å²) in [5.41, 5.74) is 9.10. The van der Waals surface area contributed by atoms with E-state index >= 15 is 0 Å². The van der Waals surface area contributed by atoms with E-state index in [2.05, 4.69) is 53.5 Å². The van der Waals surface area contributed by atoms with Crippen LogP contribution in [0.5, 0.6) is 0 Å². The third-order valence-corrected chi connectivity index (χ3v) is 6.84. The van der Waals surface area contributed by atoms with E-state index in [0.29, 0.717) is 11.4 Å². The number of aromatic nitrogens is 5. The van der Waals surface area contributed by atoms with Gasteiger partial charge in [0.2, 0.25) is 17.7 Å². The van der Waals surface area contributed by atoms with Gasteiger partial charge in [-0.2, -0.15) is 12.6 Å². The van der Waals surface area contributed by atoms with Gasteiger partial charge in [0.05, 0.1) is 18.7 Å². The first-order valence-corrected chi connectivity index (χ1v) is 13.4. The summed E-state index contributed by atoms with van der Waals surface area (Å²) in [6.45, 7) is 0. The maximum absolute atomic E-state index is 13.5. The highest BCUT2D eigenvalue weighted by atomic mass is 32.1. The zero-order chi connectivity index (χ0) is 29.4. The number of carboxylic acids is 1. The lowest BCUT2D eigenvalue weighted by molar-refractivity contribution is -0.141. The number of aliphatic carboxylic acids is 1. The van der Waals surface area contributed by atoms with Crippen LogP contribution in [0.1, 0.15) is 17.0 Å². The Labute approximate surface area is 239 Å². The second-order valence-corrected chi connectivity index (χ2v) is 9.80. The molecule has 4 aromatic rings. The molecular formula is C26H31N9O5S. The van der Waals surface area contributed by atoms with Gasteiger partial charge in [-0.05, 0) is 18.1 Å². The maximum atomic E-state index is 13.5. The van der Waals surface area contributed by atoms with Crippen molar-refractivity contribution in [2.24, 2.45) is 5.73 Å². The summed E-state index contributed by atoms with van der Waals surface area (Å²) in [4.78, 5) is 68.0. The molecule has 0 saturated heterocycles. The van der Waals surface area contributed by atoms with Crippen molar-refractivity contribution in [2.45, 2.75) is 43.4 Å². The number of rotatable bonds is 14. The molecule has 0 bridgehead atoms. The van der Waals surface area contributed by atoms with Crippen LogP contribution in [0.2, 0.25) is 0 Å². The molecule has 216 valence electrons. The maximum Gasteiger partial charge on any atom is 0.327 e. The fraction of sp³-hybridized carbons (Fsp3) is 0.308. The zero-order valence-electron chi connectivity index (χ0n) is 21.8. The summed E-state index contributed by atoms with van der Waals surface area (Å²) in [5, 5.41) is 18.0. The number of fused-ring (bicyclic) bond motifs is 1. The van der Waals surface area contributed by atoms with Gasteiger partial charge in [0.1, 0.15) is 18.1 Å². The van der Waals surface area contributed by atoms with Crippen LogP contribution in [0, 0.1) is 0 Å². The fourth-order valence-electron chi connectivity index (χ4n) is 4.29. The minimum atomic E-state index is -1.27. The van der Waals surface area contributed by atoms with Gasteiger partial charge in [0.25, 0.3) is 0 Å². The van der Waals surface area contributed by atoms with Crippen molar-refractivity contribution >= 4 is 47.2 Å². The van der Waals surface area contributed by atoms with Crippen LogP contribution in [-0.4, -0.2) is 83.6 Å². The molecule has 0 aliphatic carbocycles. The Morgan fingerprint density at radius 2 is 1.39 bits per heavy atom. The van der Waals surface area contributed by atoms with Crippen LogP contribution in [0.25, 0.3) is 10.9 Å². The molecule has 0 saturated carbocycles. The van der Waals surface area contributed by atoms with Crippen LogP contribution in [0.15, 0.2) is 55.5 Å². The van der Waals surface area contributed by atoms with E-state index in [9.17, 15) is 24.3 Å². The number of benzene rings is 1. The number of aromatic amines is 3. The number of hydrogen-bond acceptors (Lipinski definition) is 8. The standard InChI is InChI=1S/C26H31N9O5S/c27-18(5-14-8-30-19-4-2-1-3-17(14)19)23(36)33-20(6-15-9-28-12-31-15)24(37)34-21(7-16-10-29-13-32-16)25(38)35-22(11-41)26(39)40/h1-4,8-10,12-13,18,20-22,30,41H,5-7,11,27H2,(H,28,31)(H,29,32)(H,33,36)(H,34,37)(H,35,38)(H,39,40). The molecule has 3 amide bonds. The third kappa shape index (κ3) is 7.73. The van der Waals surface area contributed by atoms with Crippen LogP contribution < -0.4 is 21.7 Å². The number of H-pyrrole nitrogens is 3. The lowest BCUT2D eigenvalue weighted by atomic mass is 10.0. The summed E-state index contributed by atoms with van der Waals surface area (Å²) in [6.07, 6.45) is 7.87. The molecule has 4 rings (SSSR count). The molecule has 0 fully saturated rings. The highest BCUT2D eigenvalue weighted by molar-refractivity contribution is 7.80. The number of nitrogens with zero attached hydrogens (tertiary/aromatic N) is 2. The van der Waals surface area contributed by atoms with Gasteiger partial charge >= 0.3 is 5.97 Å². The van der Waals surface area contributed by atoms with Gasteiger partial charge in [0.15, 0.2) is 0 Å². The minimum Gasteiger partial charge on any atom is -0.480 e. The van der Waals surface area contributed by atoms with Crippen molar-refractivity contribution in [3.63, 3.8) is 0 Å². The zero-order valence-corrected chi connectivity index (χ0v) is 22.7. The van der Waals surface area contributed by atoms with Crippen molar-refractivity contribution in [3.8, 4) is 0 Å². The summed E-state index contributed by atoms with van der Waals surface area (Å²) in [5.74, 6) is -3.40. The second-order valence-electron chi connectivity index (χ2n) is 9.44. The number of imidazole rings is 2. The van der Waals surface area contributed by atoms with Gasteiger partial charge in [-0.15, -0.1) is 0 Å². The summed E-state index contributed by atoms with van der Waals surface area (Å²) in [7, 11) is 0. The molecule has 0 radical (unpaired) electrons. The number of carbonyl (C=O) groups excluding carboxylic acids is 3. The van der Waals surface area contributed by atoms with Gasteiger partial charge in [-0.1, -0.05) is 18.2 Å². The Morgan fingerprint density at radius 1 is 0.829 bits per heavy atom. The molecule has 0 aliphatic heterocycles. The largest absolute Gasteiger partial charge is 0.480 e. The molecular weight excluding hydrogens is 550 g/mol. The highest BCUT2D eigenvalue weighted by Crippen LogP contribution is 2.19. The Morgan fingerprint density at radius 3 is 1.93 bits per heavy atom. The van der Waals surface area contributed by atoms with E-state index < -0.39 is 47.9 Å². The van der Waals surface area contributed by atoms with E-state index in [4.69, 9.17) is 5.73 Å². The van der Waals surface area contributed by atoms with Crippen LogP contribution in [0.3, 0.4) is 0 Å². The predicted octanol–water partition coefficient (Wildman–Crippen LogP) is -0.562. The number of amides is 3. The SMILES string of the molecule is NC(Cc1c[nH]c2ccccc12)C(=O)NC(Cc1cnc[nH]1)C(=O)NC(Cc1cnc[nH]1)C(=O)NC(CS)C(=O)O. The Hall–Kier alpha value is -4.63. The Kier molecular flexibility index (Phi) is 9.76. The van der Waals surface area contributed by atoms with Crippen molar-refractivity contribution in [2.75, 3.05) is 5.75 Å². The fourth-order valence-corrected chi connectivity index (χ4v) is 4.54. The average Bonchev–Trinajstić information content (AvgIpc) is 3.74. The van der Waals surface area contributed by atoms with Gasteiger partial charge < -0.3 is 41.7 Å².